The van der Waals surface area contributed by atoms with Crippen molar-refractivity contribution in [1.82, 2.24) is 4.90 Å². The molecule has 2 amide bonds. The normalized spacial score (nSPS) is 11.7. The van der Waals surface area contributed by atoms with Gasteiger partial charge in [-0.2, -0.15) is 0 Å². The number of hydrogen-bond donors (Lipinski definition) is 3. The van der Waals surface area contributed by atoms with Crippen LogP contribution in [0.3, 0.4) is 0 Å². The van der Waals surface area contributed by atoms with E-state index in [1.165, 1.54) is 0 Å². The zero-order valence-electron chi connectivity index (χ0n) is 12.0. The van der Waals surface area contributed by atoms with Crippen molar-refractivity contribution in [3.8, 4) is 5.75 Å². The molecule has 1 aromatic rings. The SMILES string of the molecule is CCOc1ccc(CC(N)CN(CC(N)=O)C(=O)O)cc1. The average molecular weight is 295 g/mol. The third kappa shape index (κ3) is 6.13. The maximum atomic E-state index is 11.0. The molecule has 1 aromatic carbocycles. The minimum Gasteiger partial charge on any atom is -0.494 e. The van der Waals surface area contributed by atoms with E-state index in [-0.39, 0.29) is 13.1 Å². The van der Waals surface area contributed by atoms with Crippen molar-refractivity contribution in [3.05, 3.63) is 29.8 Å². The van der Waals surface area contributed by atoms with Gasteiger partial charge in [-0.3, -0.25) is 9.69 Å². The fourth-order valence-electron chi connectivity index (χ4n) is 1.94. The molecule has 0 aliphatic heterocycles. The van der Waals surface area contributed by atoms with E-state index >= 15 is 0 Å². The van der Waals surface area contributed by atoms with Crippen molar-refractivity contribution >= 4 is 12.0 Å². The van der Waals surface area contributed by atoms with Crippen molar-refractivity contribution in [2.75, 3.05) is 19.7 Å². The monoisotopic (exact) mass is 295 g/mol. The van der Waals surface area contributed by atoms with E-state index < -0.39 is 18.0 Å². The van der Waals surface area contributed by atoms with Crippen molar-refractivity contribution < 1.29 is 19.4 Å². The Balaban J connectivity index is 2.56. The predicted molar refractivity (Wildman–Crippen MR) is 78.1 cm³/mol. The molecule has 21 heavy (non-hydrogen) atoms. The molecule has 7 nitrogen and oxygen atoms in total. The first-order valence-electron chi connectivity index (χ1n) is 6.65. The van der Waals surface area contributed by atoms with Gasteiger partial charge in [-0.15, -0.1) is 0 Å². The van der Waals surface area contributed by atoms with Gasteiger partial charge in [0, 0.05) is 12.6 Å². The lowest BCUT2D eigenvalue weighted by molar-refractivity contribution is -0.118. The minimum atomic E-state index is -1.21. The zero-order valence-corrected chi connectivity index (χ0v) is 12.0. The molecule has 116 valence electrons. The van der Waals surface area contributed by atoms with Gasteiger partial charge >= 0.3 is 6.09 Å². The molecule has 7 heteroatoms. The van der Waals surface area contributed by atoms with Crippen LogP contribution in [0.25, 0.3) is 0 Å². The molecule has 0 saturated heterocycles. The average Bonchev–Trinajstić information content (AvgIpc) is 2.40. The summed E-state index contributed by atoms with van der Waals surface area (Å²) in [5.41, 5.74) is 11.9. The first kappa shape index (κ1) is 16.8. The van der Waals surface area contributed by atoms with E-state index in [0.717, 1.165) is 16.2 Å². The van der Waals surface area contributed by atoms with Crippen molar-refractivity contribution in [1.29, 1.82) is 0 Å². The first-order chi connectivity index (χ1) is 9.92. The summed E-state index contributed by atoms with van der Waals surface area (Å²) in [6, 6.07) is 7.01. The fraction of sp³-hybridized carbons (Fsp3) is 0.429. The number of benzene rings is 1. The van der Waals surface area contributed by atoms with Crippen LogP contribution in [0.2, 0.25) is 0 Å². The van der Waals surface area contributed by atoms with Gasteiger partial charge in [-0.25, -0.2) is 4.79 Å². The molecular formula is C14H21N3O4. The highest BCUT2D eigenvalue weighted by Gasteiger charge is 2.18. The molecule has 1 unspecified atom stereocenters. The summed E-state index contributed by atoms with van der Waals surface area (Å²) in [4.78, 5) is 22.7. The lowest BCUT2D eigenvalue weighted by Crippen LogP contribution is -2.45. The van der Waals surface area contributed by atoms with Gasteiger partial charge in [-0.05, 0) is 31.0 Å². The Hall–Kier alpha value is -2.28. The summed E-state index contributed by atoms with van der Waals surface area (Å²) < 4.78 is 5.34. The molecule has 0 radical (unpaired) electrons. The molecule has 0 heterocycles. The van der Waals surface area contributed by atoms with Crippen molar-refractivity contribution in [2.45, 2.75) is 19.4 Å². The third-order valence-electron chi connectivity index (χ3n) is 2.80. The highest BCUT2D eigenvalue weighted by molar-refractivity contribution is 5.80. The zero-order chi connectivity index (χ0) is 15.8. The standard InChI is InChI=1S/C14H21N3O4/c1-2-21-12-5-3-10(4-6-12)7-11(15)8-17(14(19)20)9-13(16)18/h3-6,11H,2,7-9,15H2,1H3,(H2,16,18)(H,19,20). The Labute approximate surface area is 123 Å². The van der Waals surface area contributed by atoms with E-state index in [1.54, 1.807) is 0 Å². The fourth-order valence-corrected chi connectivity index (χ4v) is 1.94. The maximum Gasteiger partial charge on any atom is 0.407 e. The number of carbonyl (C=O) groups excluding carboxylic acids is 1. The highest BCUT2D eigenvalue weighted by Crippen LogP contribution is 2.13. The molecule has 1 atom stereocenters. The third-order valence-corrected chi connectivity index (χ3v) is 2.80. The first-order valence-corrected chi connectivity index (χ1v) is 6.65. The van der Waals surface area contributed by atoms with E-state index in [0.29, 0.717) is 13.0 Å². The largest absolute Gasteiger partial charge is 0.494 e. The number of hydrogen-bond acceptors (Lipinski definition) is 4. The van der Waals surface area contributed by atoms with Gasteiger partial charge in [0.1, 0.15) is 12.3 Å². The Morgan fingerprint density at radius 2 is 1.95 bits per heavy atom. The predicted octanol–water partition coefficient (Wildman–Crippen LogP) is 0.420. The Morgan fingerprint density at radius 1 is 1.33 bits per heavy atom. The van der Waals surface area contributed by atoms with Crippen LogP contribution in [0, 0.1) is 0 Å². The van der Waals surface area contributed by atoms with Crippen LogP contribution in [0.1, 0.15) is 12.5 Å². The Morgan fingerprint density at radius 3 is 2.43 bits per heavy atom. The quantitative estimate of drug-likeness (QED) is 0.642. The van der Waals surface area contributed by atoms with Crippen LogP contribution < -0.4 is 16.2 Å². The molecule has 5 N–H and O–H groups in total. The molecule has 0 saturated carbocycles. The van der Waals surface area contributed by atoms with Crippen molar-refractivity contribution in [3.63, 3.8) is 0 Å². The molecule has 0 aliphatic carbocycles. The van der Waals surface area contributed by atoms with Crippen LogP contribution in [0.5, 0.6) is 5.75 Å². The lowest BCUT2D eigenvalue weighted by atomic mass is 10.1. The second-order valence-corrected chi connectivity index (χ2v) is 4.67. The van der Waals surface area contributed by atoms with Gasteiger partial charge in [-0.1, -0.05) is 12.1 Å². The molecule has 0 fully saturated rings. The summed E-state index contributed by atoms with van der Waals surface area (Å²) in [6.07, 6.45) is -0.717. The second kappa shape index (κ2) is 8.11. The highest BCUT2D eigenvalue weighted by atomic mass is 16.5. The number of nitrogens with zero attached hydrogens (tertiary/aromatic N) is 1. The topological polar surface area (TPSA) is 119 Å². The van der Waals surface area contributed by atoms with Crippen LogP contribution in [-0.2, 0) is 11.2 Å². The van der Waals surface area contributed by atoms with Crippen LogP contribution in [0.4, 0.5) is 4.79 Å². The molecule has 1 rings (SSSR count). The van der Waals surface area contributed by atoms with E-state index in [1.807, 2.05) is 31.2 Å². The van der Waals surface area contributed by atoms with E-state index in [2.05, 4.69) is 0 Å². The maximum absolute atomic E-state index is 11.0. The van der Waals surface area contributed by atoms with E-state index in [4.69, 9.17) is 21.3 Å². The summed E-state index contributed by atoms with van der Waals surface area (Å²) in [7, 11) is 0. The summed E-state index contributed by atoms with van der Waals surface area (Å²) >= 11 is 0. The molecular weight excluding hydrogens is 274 g/mol. The summed E-state index contributed by atoms with van der Waals surface area (Å²) in [6.45, 7) is 2.19. The number of carbonyl (C=O) groups is 2. The molecule has 0 aromatic heterocycles. The number of carboxylic acid groups (broad SMARTS) is 1. The van der Waals surface area contributed by atoms with Gasteiger partial charge in [0.2, 0.25) is 5.91 Å². The molecule has 0 bridgehead atoms. The lowest BCUT2D eigenvalue weighted by Gasteiger charge is -2.21. The summed E-state index contributed by atoms with van der Waals surface area (Å²) in [5.74, 6) is 0.0707. The summed E-state index contributed by atoms with van der Waals surface area (Å²) in [5, 5.41) is 8.98. The number of rotatable bonds is 8. The van der Waals surface area contributed by atoms with Gasteiger partial charge in [0.15, 0.2) is 0 Å². The minimum absolute atomic E-state index is 0.0471. The molecule has 0 spiro atoms. The number of amides is 2. The number of ether oxygens (including phenoxy) is 1. The molecule has 0 aliphatic rings. The Bertz CT molecular complexity index is 476. The Kier molecular flexibility index (Phi) is 6.48. The second-order valence-electron chi connectivity index (χ2n) is 4.67. The van der Waals surface area contributed by atoms with Gasteiger partial charge in [0.05, 0.1) is 6.61 Å². The van der Waals surface area contributed by atoms with Crippen LogP contribution >= 0.6 is 0 Å². The van der Waals surface area contributed by atoms with Crippen LogP contribution in [-0.4, -0.2) is 47.7 Å². The smallest absolute Gasteiger partial charge is 0.407 e. The van der Waals surface area contributed by atoms with Gasteiger partial charge < -0.3 is 21.3 Å². The van der Waals surface area contributed by atoms with Crippen LogP contribution in [0.15, 0.2) is 24.3 Å². The van der Waals surface area contributed by atoms with Gasteiger partial charge in [0.25, 0.3) is 0 Å². The van der Waals surface area contributed by atoms with Crippen molar-refractivity contribution in [2.24, 2.45) is 11.5 Å². The van der Waals surface area contributed by atoms with E-state index in [9.17, 15) is 9.59 Å². The number of primary amides is 1. The number of nitrogens with two attached hydrogens (primary N) is 2.